The van der Waals surface area contributed by atoms with Gasteiger partial charge in [-0.15, -0.1) is 0 Å². The van der Waals surface area contributed by atoms with Crippen molar-refractivity contribution in [2.24, 2.45) is 0 Å². The van der Waals surface area contributed by atoms with Crippen LogP contribution in [0, 0.1) is 0 Å². The minimum Gasteiger partial charge on any atom is -0.448 e. The van der Waals surface area contributed by atoms with Crippen molar-refractivity contribution in [3.8, 4) is 0 Å². The molecule has 2 aliphatic heterocycles. The van der Waals surface area contributed by atoms with Crippen molar-refractivity contribution in [1.82, 2.24) is 14.5 Å². The minimum absolute atomic E-state index is 0.00635. The molecule has 11 heteroatoms. The van der Waals surface area contributed by atoms with Crippen LogP contribution in [-0.4, -0.2) is 80.5 Å². The molecule has 0 spiro atoms. The number of carbonyl (C=O) groups is 2. The van der Waals surface area contributed by atoms with Gasteiger partial charge >= 0.3 is 12.1 Å². The predicted octanol–water partition coefficient (Wildman–Crippen LogP) is 1.20. The fourth-order valence-electron chi connectivity index (χ4n) is 3.49. The molecule has 0 bridgehead atoms. The van der Waals surface area contributed by atoms with Crippen LogP contribution in [0.5, 0.6) is 0 Å². The highest BCUT2D eigenvalue weighted by Crippen LogP contribution is 2.16. The first kappa shape index (κ1) is 22.3. The number of nitrogens with one attached hydrogen (secondary N) is 2. The smallest absolute Gasteiger partial charge is 0.410 e. The van der Waals surface area contributed by atoms with Gasteiger partial charge in [0.15, 0.2) is 0 Å². The van der Waals surface area contributed by atoms with Crippen LogP contribution in [0.3, 0.4) is 0 Å². The number of carbonyl (C=O) groups excluding carboxylic acids is 2. The number of amides is 3. The Morgan fingerprint density at radius 1 is 1.23 bits per heavy atom. The molecule has 2 heterocycles. The molecule has 30 heavy (non-hydrogen) atoms. The summed E-state index contributed by atoms with van der Waals surface area (Å²) in [5, 5.41) is 5.26. The van der Waals surface area contributed by atoms with Gasteiger partial charge in [0, 0.05) is 31.9 Å². The van der Waals surface area contributed by atoms with Crippen molar-refractivity contribution < 1.29 is 27.5 Å². The number of cyclic esters (lactones) is 1. The second-order valence-corrected chi connectivity index (χ2v) is 9.60. The number of hydrogen-bond donors (Lipinski definition) is 2. The molecule has 2 fully saturated rings. The van der Waals surface area contributed by atoms with E-state index in [2.05, 4.69) is 10.6 Å². The molecule has 2 atom stereocenters. The van der Waals surface area contributed by atoms with E-state index < -0.39 is 16.1 Å². The average Bonchev–Trinajstić information content (AvgIpc) is 3.05. The lowest BCUT2D eigenvalue weighted by atomic mass is 10.2. The Bertz CT molecular complexity index is 868. The standard InChI is InChI=1S/C19H28N4O6S/c1-14-11-23(12-15(2)29-14)30(26,27)9-6-20-18(24)21-17-5-3-4-16(10-17)13-22-7-8-28-19(22)25/h3-5,10,14-15H,6-9,11-13H2,1-2H3,(H2,20,21,24). The summed E-state index contributed by atoms with van der Waals surface area (Å²) in [6.45, 7) is 5.61. The molecule has 2 aliphatic rings. The molecule has 3 amide bonds. The van der Waals surface area contributed by atoms with Gasteiger partial charge < -0.3 is 25.0 Å². The van der Waals surface area contributed by atoms with Gasteiger partial charge in [0.05, 0.1) is 24.5 Å². The molecular weight excluding hydrogens is 412 g/mol. The normalized spacial score (nSPS) is 22.6. The molecule has 2 N–H and O–H groups in total. The van der Waals surface area contributed by atoms with E-state index in [1.54, 1.807) is 23.1 Å². The number of sulfonamides is 1. The lowest BCUT2D eigenvalue weighted by Crippen LogP contribution is -2.49. The van der Waals surface area contributed by atoms with E-state index in [1.807, 2.05) is 19.9 Å². The van der Waals surface area contributed by atoms with Gasteiger partial charge in [-0.3, -0.25) is 0 Å². The van der Waals surface area contributed by atoms with Gasteiger partial charge in [-0.2, -0.15) is 4.31 Å². The van der Waals surface area contributed by atoms with Crippen molar-refractivity contribution in [2.75, 3.05) is 43.9 Å². The summed E-state index contributed by atoms with van der Waals surface area (Å²) in [6.07, 6.45) is -0.666. The second kappa shape index (κ2) is 9.63. The maximum Gasteiger partial charge on any atom is 0.410 e. The fourth-order valence-corrected chi connectivity index (χ4v) is 4.99. The van der Waals surface area contributed by atoms with Gasteiger partial charge in [0.1, 0.15) is 6.61 Å². The second-order valence-electron chi connectivity index (χ2n) is 7.51. The van der Waals surface area contributed by atoms with E-state index in [0.717, 1.165) is 5.56 Å². The van der Waals surface area contributed by atoms with Gasteiger partial charge in [-0.1, -0.05) is 12.1 Å². The third-order valence-electron chi connectivity index (χ3n) is 4.83. The quantitative estimate of drug-likeness (QED) is 0.658. The zero-order chi connectivity index (χ0) is 21.7. The molecule has 3 rings (SSSR count). The summed E-state index contributed by atoms with van der Waals surface area (Å²) in [6, 6.07) is 6.62. The maximum absolute atomic E-state index is 12.5. The molecule has 1 aromatic rings. The van der Waals surface area contributed by atoms with Crippen LogP contribution < -0.4 is 10.6 Å². The summed E-state index contributed by atoms with van der Waals surface area (Å²) in [7, 11) is -3.48. The molecule has 1 aromatic carbocycles. The SMILES string of the molecule is CC1CN(S(=O)(=O)CCNC(=O)Nc2cccc(CN3CCOC3=O)c2)CC(C)O1. The Kier molecular flexibility index (Phi) is 7.16. The first-order chi connectivity index (χ1) is 14.2. The molecule has 0 saturated carbocycles. The third kappa shape index (κ3) is 6.07. The third-order valence-corrected chi connectivity index (χ3v) is 6.63. The summed E-state index contributed by atoms with van der Waals surface area (Å²) in [5.74, 6) is -0.184. The highest BCUT2D eigenvalue weighted by atomic mass is 32.2. The topological polar surface area (TPSA) is 117 Å². The number of anilines is 1. The number of rotatable bonds is 7. The zero-order valence-electron chi connectivity index (χ0n) is 17.2. The maximum atomic E-state index is 12.5. The van der Waals surface area contributed by atoms with E-state index in [4.69, 9.17) is 9.47 Å². The van der Waals surface area contributed by atoms with Crippen LogP contribution in [0.15, 0.2) is 24.3 Å². The summed E-state index contributed by atoms with van der Waals surface area (Å²) in [5.41, 5.74) is 1.40. The minimum atomic E-state index is -3.48. The van der Waals surface area contributed by atoms with Gasteiger partial charge in [-0.25, -0.2) is 18.0 Å². The van der Waals surface area contributed by atoms with Crippen LogP contribution >= 0.6 is 0 Å². The molecule has 0 aliphatic carbocycles. The number of morpholine rings is 1. The summed E-state index contributed by atoms with van der Waals surface area (Å²) in [4.78, 5) is 25.3. The van der Waals surface area contributed by atoms with E-state index in [1.165, 1.54) is 4.31 Å². The average molecular weight is 441 g/mol. The number of urea groups is 1. The largest absolute Gasteiger partial charge is 0.448 e. The Morgan fingerprint density at radius 2 is 1.97 bits per heavy atom. The van der Waals surface area contributed by atoms with Crippen LogP contribution in [0.25, 0.3) is 0 Å². The number of hydrogen-bond acceptors (Lipinski definition) is 6. The summed E-state index contributed by atoms with van der Waals surface area (Å²) < 4.78 is 36.9. The Morgan fingerprint density at radius 3 is 2.63 bits per heavy atom. The van der Waals surface area contributed by atoms with Gasteiger partial charge in [0.2, 0.25) is 10.0 Å². The van der Waals surface area contributed by atoms with Crippen LogP contribution in [0.4, 0.5) is 15.3 Å². The monoisotopic (exact) mass is 440 g/mol. The summed E-state index contributed by atoms with van der Waals surface area (Å²) >= 11 is 0. The zero-order valence-corrected chi connectivity index (χ0v) is 18.0. The number of benzene rings is 1. The van der Waals surface area contributed by atoms with E-state index in [9.17, 15) is 18.0 Å². The van der Waals surface area contributed by atoms with Crippen LogP contribution in [0.2, 0.25) is 0 Å². The molecule has 2 saturated heterocycles. The highest BCUT2D eigenvalue weighted by Gasteiger charge is 2.30. The molecule has 10 nitrogen and oxygen atoms in total. The molecule has 0 aromatic heterocycles. The molecule has 166 valence electrons. The molecular formula is C19H28N4O6S. The lowest BCUT2D eigenvalue weighted by molar-refractivity contribution is -0.0440. The van der Waals surface area contributed by atoms with E-state index in [-0.39, 0.29) is 30.6 Å². The first-order valence-electron chi connectivity index (χ1n) is 9.92. The van der Waals surface area contributed by atoms with Crippen molar-refractivity contribution in [2.45, 2.75) is 32.6 Å². The van der Waals surface area contributed by atoms with Crippen molar-refractivity contribution in [3.63, 3.8) is 0 Å². The first-order valence-corrected chi connectivity index (χ1v) is 11.5. The van der Waals surface area contributed by atoms with Crippen molar-refractivity contribution in [1.29, 1.82) is 0 Å². The van der Waals surface area contributed by atoms with E-state index in [0.29, 0.717) is 38.5 Å². The van der Waals surface area contributed by atoms with Crippen LogP contribution in [-0.2, 0) is 26.0 Å². The van der Waals surface area contributed by atoms with Gasteiger partial charge in [0.25, 0.3) is 0 Å². The Hall–Kier alpha value is -2.37. The molecule has 2 unspecified atom stereocenters. The Balaban J connectivity index is 1.46. The predicted molar refractivity (Wildman–Crippen MR) is 111 cm³/mol. The van der Waals surface area contributed by atoms with Crippen molar-refractivity contribution in [3.05, 3.63) is 29.8 Å². The van der Waals surface area contributed by atoms with Crippen LogP contribution in [0.1, 0.15) is 19.4 Å². The lowest BCUT2D eigenvalue weighted by Gasteiger charge is -2.34. The van der Waals surface area contributed by atoms with Crippen molar-refractivity contribution >= 4 is 27.8 Å². The Labute approximate surface area is 176 Å². The number of ether oxygens (including phenoxy) is 2. The van der Waals surface area contributed by atoms with E-state index >= 15 is 0 Å². The van der Waals surface area contributed by atoms with Gasteiger partial charge in [-0.05, 0) is 31.5 Å². The fraction of sp³-hybridized carbons (Fsp3) is 0.579. The highest BCUT2D eigenvalue weighted by molar-refractivity contribution is 7.89. The molecule has 0 radical (unpaired) electrons. The number of nitrogens with zero attached hydrogens (tertiary/aromatic N) is 2.